The molecule has 2 aliphatic carbocycles. The molecular formula is C26H30N2O3. The number of nitrogens with zero attached hydrogens (tertiary/aromatic N) is 1. The standard InChI is InChI=1S/C26H30N2O3/c29-24(16-21-15-19-10-11-20(21)14-19)27-17-26(30,13-12-18-6-2-1-3-7-18)25-28-22-8-4-5-9-23(22)31-25/h1-9,19-21,30H,10-17H2,(H,27,29). The van der Waals surface area contributed by atoms with Crippen molar-refractivity contribution in [1.82, 2.24) is 10.3 Å². The van der Waals surface area contributed by atoms with Gasteiger partial charge in [-0.2, -0.15) is 0 Å². The molecule has 2 fully saturated rings. The minimum absolute atomic E-state index is 0.0202. The summed E-state index contributed by atoms with van der Waals surface area (Å²) in [4.78, 5) is 17.3. The van der Waals surface area contributed by atoms with Crippen molar-refractivity contribution < 1.29 is 14.3 Å². The summed E-state index contributed by atoms with van der Waals surface area (Å²) < 4.78 is 5.92. The summed E-state index contributed by atoms with van der Waals surface area (Å²) in [6.45, 7) is 0.103. The van der Waals surface area contributed by atoms with Crippen LogP contribution in [0.5, 0.6) is 0 Å². The minimum Gasteiger partial charge on any atom is -0.437 e. The average Bonchev–Trinajstić information content (AvgIpc) is 3.52. The van der Waals surface area contributed by atoms with Crippen LogP contribution in [0.4, 0.5) is 0 Å². The number of nitrogens with one attached hydrogen (secondary N) is 1. The molecule has 162 valence electrons. The van der Waals surface area contributed by atoms with Crippen molar-refractivity contribution in [2.45, 2.75) is 50.5 Å². The maximum atomic E-state index is 12.7. The third-order valence-electron chi connectivity index (χ3n) is 7.27. The number of amides is 1. The molecular weight excluding hydrogens is 388 g/mol. The van der Waals surface area contributed by atoms with E-state index in [1.54, 1.807) is 0 Å². The van der Waals surface area contributed by atoms with Crippen molar-refractivity contribution in [2.24, 2.45) is 17.8 Å². The monoisotopic (exact) mass is 418 g/mol. The van der Waals surface area contributed by atoms with Gasteiger partial charge in [0.1, 0.15) is 5.52 Å². The van der Waals surface area contributed by atoms with Gasteiger partial charge in [-0.3, -0.25) is 4.79 Å². The molecule has 5 nitrogen and oxygen atoms in total. The number of oxazole rings is 1. The molecule has 1 amide bonds. The van der Waals surface area contributed by atoms with E-state index in [1.807, 2.05) is 54.6 Å². The van der Waals surface area contributed by atoms with Crippen molar-refractivity contribution in [1.29, 1.82) is 0 Å². The first kappa shape index (κ1) is 20.3. The van der Waals surface area contributed by atoms with Crippen molar-refractivity contribution in [3.8, 4) is 0 Å². The summed E-state index contributed by atoms with van der Waals surface area (Å²) in [7, 11) is 0. The smallest absolute Gasteiger partial charge is 0.229 e. The topological polar surface area (TPSA) is 75.4 Å². The molecule has 4 unspecified atom stereocenters. The normalized spacial score (nSPS) is 24.4. The van der Waals surface area contributed by atoms with Crippen LogP contribution in [0, 0.1) is 17.8 Å². The fraction of sp³-hybridized carbons (Fsp3) is 0.462. The number of carbonyl (C=O) groups is 1. The summed E-state index contributed by atoms with van der Waals surface area (Å²) >= 11 is 0. The Bertz CT molecular complexity index is 1010. The van der Waals surface area contributed by atoms with Crippen LogP contribution in [0.2, 0.25) is 0 Å². The number of aromatic nitrogens is 1. The predicted octanol–water partition coefficient (Wildman–Crippen LogP) is 4.59. The molecule has 0 spiro atoms. The van der Waals surface area contributed by atoms with Crippen molar-refractivity contribution in [2.75, 3.05) is 6.54 Å². The highest BCUT2D eigenvalue weighted by Crippen LogP contribution is 2.49. The molecule has 0 saturated heterocycles. The molecule has 5 heteroatoms. The fourth-order valence-corrected chi connectivity index (χ4v) is 5.52. The van der Waals surface area contributed by atoms with Gasteiger partial charge >= 0.3 is 0 Å². The highest BCUT2D eigenvalue weighted by Gasteiger charge is 2.41. The van der Waals surface area contributed by atoms with Crippen LogP contribution in [0.25, 0.3) is 11.1 Å². The molecule has 2 N–H and O–H groups in total. The van der Waals surface area contributed by atoms with Crippen molar-refractivity contribution in [3.63, 3.8) is 0 Å². The van der Waals surface area contributed by atoms with E-state index in [0.29, 0.717) is 42.2 Å². The lowest BCUT2D eigenvalue weighted by molar-refractivity contribution is -0.124. The van der Waals surface area contributed by atoms with Gasteiger partial charge in [0, 0.05) is 6.42 Å². The Labute approximate surface area is 182 Å². The van der Waals surface area contributed by atoms with Gasteiger partial charge in [-0.15, -0.1) is 0 Å². The van der Waals surface area contributed by atoms with Gasteiger partial charge in [0.2, 0.25) is 11.8 Å². The van der Waals surface area contributed by atoms with Crippen LogP contribution < -0.4 is 5.32 Å². The van der Waals surface area contributed by atoms with E-state index in [1.165, 1.54) is 25.7 Å². The Balaban J connectivity index is 1.30. The molecule has 2 bridgehead atoms. The SMILES string of the molecule is O=C(CC1CC2CCC1C2)NCC(O)(CCc1ccccc1)c1nc2ccccc2o1. The van der Waals surface area contributed by atoms with E-state index < -0.39 is 5.60 Å². The summed E-state index contributed by atoms with van der Waals surface area (Å²) in [6.07, 6.45) is 6.72. The molecule has 5 rings (SSSR count). The molecule has 2 aromatic carbocycles. The van der Waals surface area contributed by atoms with E-state index in [4.69, 9.17) is 4.42 Å². The molecule has 31 heavy (non-hydrogen) atoms. The second-order valence-corrected chi connectivity index (χ2v) is 9.42. The lowest BCUT2D eigenvalue weighted by atomic mass is 9.86. The molecule has 0 radical (unpaired) electrons. The Hall–Kier alpha value is -2.66. The van der Waals surface area contributed by atoms with Gasteiger partial charge in [0.25, 0.3) is 0 Å². The maximum absolute atomic E-state index is 12.7. The highest BCUT2D eigenvalue weighted by molar-refractivity contribution is 5.76. The highest BCUT2D eigenvalue weighted by atomic mass is 16.4. The fourth-order valence-electron chi connectivity index (χ4n) is 5.52. The zero-order valence-electron chi connectivity index (χ0n) is 17.8. The van der Waals surface area contributed by atoms with Crippen LogP contribution >= 0.6 is 0 Å². The van der Waals surface area contributed by atoms with Gasteiger partial charge in [-0.05, 0) is 67.6 Å². The van der Waals surface area contributed by atoms with Crippen LogP contribution in [0.3, 0.4) is 0 Å². The summed E-state index contributed by atoms with van der Waals surface area (Å²) in [5, 5.41) is 14.6. The third-order valence-corrected chi connectivity index (χ3v) is 7.27. The molecule has 2 saturated carbocycles. The Morgan fingerprint density at radius 3 is 2.65 bits per heavy atom. The van der Waals surface area contributed by atoms with Crippen molar-refractivity contribution in [3.05, 3.63) is 66.1 Å². The lowest BCUT2D eigenvalue weighted by Gasteiger charge is -2.26. The largest absolute Gasteiger partial charge is 0.437 e. The summed E-state index contributed by atoms with van der Waals surface area (Å²) in [5.41, 5.74) is 1.12. The number of carbonyl (C=O) groups excluding carboxylic acids is 1. The maximum Gasteiger partial charge on any atom is 0.229 e. The zero-order valence-corrected chi connectivity index (χ0v) is 17.8. The van der Waals surface area contributed by atoms with Gasteiger partial charge < -0.3 is 14.8 Å². The Morgan fingerprint density at radius 1 is 1.10 bits per heavy atom. The lowest BCUT2D eigenvalue weighted by Crippen LogP contribution is -2.42. The van der Waals surface area contributed by atoms with E-state index >= 15 is 0 Å². The third kappa shape index (κ3) is 4.38. The second-order valence-electron chi connectivity index (χ2n) is 9.42. The second kappa shape index (κ2) is 8.46. The van der Waals surface area contributed by atoms with E-state index in [9.17, 15) is 9.90 Å². The number of fused-ring (bicyclic) bond motifs is 3. The number of para-hydroxylation sites is 2. The van der Waals surface area contributed by atoms with E-state index in [-0.39, 0.29) is 18.3 Å². The number of hydrogen-bond donors (Lipinski definition) is 2. The Kier molecular flexibility index (Phi) is 5.53. The number of benzene rings is 2. The molecule has 2 aliphatic rings. The molecule has 1 heterocycles. The molecule has 1 aromatic heterocycles. The number of rotatable bonds is 8. The number of aliphatic hydroxyl groups is 1. The van der Waals surface area contributed by atoms with Gasteiger partial charge in [-0.25, -0.2) is 4.98 Å². The van der Waals surface area contributed by atoms with Crippen molar-refractivity contribution >= 4 is 17.0 Å². The first-order valence-electron chi connectivity index (χ1n) is 11.5. The zero-order chi connectivity index (χ0) is 21.3. The average molecular weight is 419 g/mol. The van der Waals surface area contributed by atoms with Gasteiger partial charge in [0.15, 0.2) is 11.2 Å². The molecule has 3 aromatic rings. The first-order valence-corrected chi connectivity index (χ1v) is 11.5. The summed E-state index contributed by atoms with van der Waals surface area (Å²) in [5.74, 6) is 2.33. The molecule has 4 atom stereocenters. The minimum atomic E-state index is -1.36. The van der Waals surface area contributed by atoms with Crippen LogP contribution in [0.15, 0.2) is 59.0 Å². The van der Waals surface area contributed by atoms with Crippen LogP contribution in [-0.4, -0.2) is 22.5 Å². The van der Waals surface area contributed by atoms with Gasteiger partial charge in [-0.1, -0.05) is 48.9 Å². The van der Waals surface area contributed by atoms with Crippen LogP contribution in [0.1, 0.15) is 50.0 Å². The first-order chi connectivity index (χ1) is 15.1. The van der Waals surface area contributed by atoms with Gasteiger partial charge in [0.05, 0.1) is 6.54 Å². The molecule has 0 aliphatic heterocycles. The van der Waals surface area contributed by atoms with E-state index in [0.717, 1.165) is 11.5 Å². The quantitative estimate of drug-likeness (QED) is 0.561. The van der Waals surface area contributed by atoms with E-state index in [2.05, 4.69) is 10.3 Å². The predicted molar refractivity (Wildman–Crippen MR) is 119 cm³/mol. The summed E-state index contributed by atoms with van der Waals surface area (Å²) in [6, 6.07) is 17.5. The number of hydrogen-bond acceptors (Lipinski definition) is 4. The number of aryl methyl sites for hydroxylation is 1. The van der Waals surface area contributed by atoms with Crippen LogP contribution in [-0.2, 0) is 16.8 Å². The Morgan fingerprint density at radius 2 is 1.90 bits per heavy atom.